The summed E-state index contributed by atoms with van der Waals surface area (Å²) in [6.45, 7) is 5.00. The number of hydrogen-bond acceptors (Lipinski definition) is 5. The Kier molecular flexibility index (Phi) is 5.22. The number of hydrogen-bond donors (Lipinski definition) is 1. The van der Waals surface area contributed by atoms with Crippen LogP contribution in [-0.2, 0) is 4.74 Å². The van der Waals surface area contributed by atoms with E-state index in [0.717, 1.165) is 13.1 Å². The average Bonchev–Trinajstić information content (AvgIpc) is 2.56. The highest BCUT2D eigenvalue weighted by atomic mass is 19.1. The van der Waals surface area contributed by atoms with E-state index in [4.69, 9.17) is 9.47 Å². The quantitative estimate of drug-likeness (QED) is 0.901. The molecule has 1 aliphatic heterocycles. The summed E-state index contributed by atoms with van der Waals surface area (Å²) in [4.78, 5) is 20.8. The molecule has 0 spiro atoms. The van der Waals surface area contributed by atoms with Gasteiger partial charge in [0.25, 0.3) is 5.56 Å². The molecule has 0 unspecified atom stereocenters. The average molecular weight is 333 g/mol. The minimum absolute atomic E-state index is 0.169. The highest BCUT2D eigenvalue weighted by Crippen LogP contribution is 2.19. The van der Waals surface area contributed by atoms with E-state index < -0.39 is 0 Å². The van der Waals surface area contributed by atoms with Crippen molar-refractivity contribution in [3.8, 4) is 5.75 Å². The van der Waals surface area contributed by atoms with Crippen molar-refractivity contribution < 1.29 is 13.9 Å². The lowest BCUT2D eigenvalue weighted by Crippen LogP contribution is -2.41. The first-order valence-corrected chi connectivity index (χ1v) is 7.90. The fourth-order valence-electron chi connectivity index (χ4n) is 2.68. The summed E-state index contributed by atoms with van der Waals surface area (Å²) in [5.74, 6) is 0.949. The Hall–Kier alpha value is -2.25. The maximum atomic E-state index is 12.9. The Labute approximate surface area is 139 Å². The van der Waals surface area contributed by atoms with Crippen LogP contribution < -0.4 is 10.3 Å². The Morgan fingerprint density at radius 3 is 2.96 bits per heavy atom. The number of H-pyrrole nitrogens is 1. The van der Waals surface area contributed by atoms with E-state index in [1.54, 1.807) is 19.1 Å². The summed E-state index contributed by atoms with van der Waals surface area (Å²) in [6.07, 6.45) is -0.217. The first-order chi connectivity index (χ1) is 11.6. The molecule has 1 saturated heterocycles. The van der Waals surface area contributed by atoms with Crippen LogP contribution in [-0.4, -0.2) is 47.7 Å². The minimum Gasteiger partial charge on any atom is -0.492 e. The summed E-state index contributed by atoms with van der Waals surface area (Å²) < 4.78 is 24.2. The van der Waals surface area contributed by atoms with Gasteiger partial charge >= 0.3 is 0 Å². The maximum absolute atomic E-state index is 12.9. The molecule has 128 valence electrons. The number of benzene rings is 1. The lowest BCUT2D eigenvalue weighted by molar-refractivity contribution is -0.0351. The maximum Gasteiger partial charge on any atom is 0.251 e. The molecule has 24 heavy (non-hydrogen) atoms. The number of ether oxygens (including phenoxy) is 2. The van der Waals surface area contributed by atoms with E-state index in [2.05, 4.69) is 14.9 Å². The number of aromatic amines is 1. The Bertz CT molecular complexity index is 733. The second-order valence-corrected chi connectivity index (χ2v) is 5.72. The molecule has 0 saturated carbocycles. The zero-order valence-corrected chi connectivity index (χ0v) is 13.5. The molecule has 2 aromatic rings. The van der Waals surface area contributed by atoms with Gasteiger partial charge in [-0.25, -0.2) is 9.37 Å². The third-order valence-electron chi connectivity index (χ3n) is 3.85. The fraction of sp³-hybridized carbons (Fsp3) is 0.412. The van der Waals surface area contributed by atoms with Crippen LogP contribution in [0.4, 0.5) is 4.39 Å². The number of nitrogens with one attached hydrogen (secondary N) is 1. The number of aromatic nitrogens is 2. The second kappa shape index (κ2) is 7.55. The second-order valence-electron chi connectivity index (χ2n) is 5.72. The van der Waals surface area contributed by atoms with E-state index in [1.165, 1.54) is 18.2 Å². The molecule has 1 fully saturated rings. The van der Waals surface area contributed by atoms with Gasteiger partial charge in [-0.3, -0.25) is 9.69 Å². The lowest BCUT2D eigenvalue weighted by atomic mass is 10.2. The molecule has 6 nitrogen and oxygen atoms in total. The van der Waals surface area contributed by atoms with Gasteiger partial charge in [0.15, 0.2) is 0 Å². The van der Waals surface area contributed by atoms with E-state index in [0.29, 0.717) is 37.0 Å². The first-order valence-electron chi connectivity index (χ1n) is 7.90. The van der Waals surface area contributed by atoms with Gasteiger partial charge in [0, 0.05) is 25.7 Å². The summed E-state index contributed by atoms with van der Waals surface area (Å²) in [6, 6.07) is 7.46. The van der Waals surface area contributed by atoms with Gasteiger partial charge in [0.1, 0.15) is 30.1 Å². The van der Waals surface area contributed by atoms with Crippen LogP contribution in [0.3, 0.4) is 0 Å². The predicted molar refractivity (Wildman–Crippen MR) is 86.6 cm³/mol. The van der Waals surface area contributed by atoms with Crippen molar-refractivity contribution in [1.29, 1.82) is 0 Å². The van der Waals surface area contributed by atoms with Crippen molar-refractivity contribution in [2.75, 3.05) is 32.8 Å². The summed E-state index contributed by atoms with van der Waals surface area (Å²) in [5.41, 5.74) is 0.485. The normalized spacial score (nSPS) is 18.5. The van der Waals surface area contributed by atoms with Crippen molar-refractivity contribution in [1.82, 2.24) is 14.9 Å². The molecule has 0 amide bonds. The highest BCUT2D eigenvalue weighted by molar-refractivity contribution is 5.22. The van der Waals surface area contributed by atoms with Crippen LogP contribution in [0.5, 0.6) is 5.75 Å². The van der Waals surface area contributed by atoms with Crippen LogP contribution >= 0.6 is 0 Å². The van der Waals surface area contributed by atoms with Gasteiger partial charge in [-0.05, 0) is 31.2 Å². The fourth-order valence-corrected chi connectivity index (χ4v) is 2.68. The number of halogens is 1. The molecule has 0 bridgehead atoms. The largest absolute Gasteiger partial charge is 0.492 e. The zero-order valence-electron chi connectivity index (χ0n) is 13.5. The van der Waals surface area contributed by atoms with Gasteiger partial charge in [0.05, 0.1) is 12.3 Å². The predicted octanol–water partition coefficient (Wildman–Crippen LogP) is 1.67. The summed E-state index contributed by atoms with van der Waals surface area (Å²) in [7, 11) is 0. The van der Waals surface area contributed by atoms with Gasteiger partial charge in [0.2, 0.25) is 0 Å². The third-order valence-corrected chi connectivity index (χ3v) is 3.85. The van der Waals surface area contributed by atoms with Crippen LogP contribution in [0.1, 0.15) is 17.6 Å². The van der Waals surface area contributed by atoms with Gasteiger partial charge in [-0.1, -0.05) is 0 Å². The highest BCUT2D eigenvalue weighted by Gasteiger charge is 2.23. The first kappa shape index (κ1) is 16.6. The van der Waals surface area contributed by atoms with Crippen LogP contribution in [0.2, 0.25) is 0 Å². The molecular formula is C17H20FN3O3. The van der Waals surface area contributed by atoms with E-state index in [1.807, 2.05) is 0 Å². The van der Waals surface area contributed by atoms with Crippen molar-refractivity contribution in [3.63, 3.8) is 0 Å². The van der Waals surface area contributed by atoms with Gasteiger partial charge in [-0.15, -0.1) is 0 Å². The number of aryl methyl sites for hydroxylation is 1. The van der Waals surface area contributed by atoms with Crippen molar-refractivity contribution >= 4 is 0 Å². The molecule has 3 rings (SSSR count). The Morgan fingerprint density at radius 2 is 2.21 bits per heavy atom. The molecule has 2 heterocycles. The SMILES string of the molecule is Cc1nc([C@@H]2CN(CCOc3ccc(F)cc3)CCO2)cc(=O)[nH]1. The van der Waals surface area contributed by atoms with Crippen molar-refractivity contribution in [2.45, 2.75) is 13.0 Å². The summed E-state index contributed by atoms with van der Waals surface area (Å²) >= 11 is 0. The van der Waals surface area contributed by atoms with Gasteiger partial charge < -0.3 is 14.5 Å². The van der Waals surface area contributed by atoms with Crippen LogP contribution in [0.25, 0.3) is 0 Å². The number of nitrogens with zero attached hydrogens (tertiary/aromatic N) is 2. The molecule has 1 aliphatic rings. The molecule has 1 aromatic carbocycles. The lowest BCUT2D eigenvalue weighted by Gasteiger charge is -2.32. The molecule has 0 radical (unpaired) electrons. The summed E-state index contributed by atoms with van der Waals surface area (Å²) in [5, 5.41) is 0. The van der Waals surface area contributed by atoms with Crippen LogP contribution in [0, 0.1) is 12.7 Å². The van der Waals surface area contributed by atoms with E-state index in [9.17, 15) is 9.18 Å². The third kappa shape index (κ3) is 4.39. The molecule has 7 heteroatoms. The molecular weight excluding hydrogens is 313 g/mol. The van der Waals surface area contributed by atoms with Crippen molar-refractivity contribution in [3.05, 3.63) is 58.0 Å². The molecule has 1 atom stereocenters. The van der Waals surface area contributed by atoms with Gasteiger partial charge in [-0.2, -0.15) is 0 Å². The van der Waals surface area contributed by atoms with E-state index >= 15 is 0 Å². The molecule has 1 N–H and O–H groups in total. The number of rotatable bonds is 5. The molecule has 0 aliphatic carbocycles. The monoisotopic (exact) mass is 333 g/mol. The standard InChI is InChI=1S/C17H20FN3O3/c1-12-19-15(10-17(22)20-12)16-11-21(7-9-24-16)6-8-23-14-4-2-13(18)3-5-14/h2-5,10,16H,6-9,11H2,1H3,(H,19,20,22)/t16-/m0/s1. The van der Waals surface area contributed by atoms with E-state index in [-0.39, 0.29) is 17.5 Å². The topological polar surface area (TPSA) is 67.5 Å². The smallest absolute Gasteiger partial charge is 0.251 e. The zero-order chi connectivity index (χ0) is 16.9. The van der Waals surface area contributed by atoms with Crippen LogP contribution in [0.15, 0.2) is 35.1 Å². The number of morpholine rings is 1. The minimum atomic E-state index is -0.279. The molecule has 1 aromatic heterocycles. The Morgan fingerprint density at radius 1 is 1.42 bits per heavy atom. The Balaban J connectivity index is 1.53. The van der Waals surface area contributed by atoms with Crippen molar-refractivity contribution in [2.24, 2.45) is 0 Å².